The summed E-state index contributed by atoms with van der Waals surface area (Å²) >= 11 is 11.9. The zero-order chi connectivity index (χ0) is 29.9. The molecule has 2 aliphatic rings. The third kappa shape index (κ3) is 10.1. The maximum atomic E-state index is 12.3. The van der Waals surface area contributed by atoms with Gasteiger partial charge in [-0.1, -0.05) is 47.5 Å². The third-order valence-corrected chi connectivity index (χ3v) is 8.75. The molecule has 2 aromatic carbocycles. The lowest BCUT2D eigenvalue weighted by Gasteiger charge is -2.41. The van der Waals surface area contributed by atoms with E-state index < -0.39 is 5.60 Å². The van der Waals surface area contributed by atoms with Crippen molar-refractivity contribution in [2.24, 2.45) is 0 Å². The predicted octanol–water partition coefficient (Wildman–Crippen LogP) is 8.61. The number of piperidine rings is 2. The summed E-state index contributed by atoms with van der Waals surface area (Å²) in [4.78, 5) is 21.1. The number of hydrogen-bond donors (Lipinski definition) is 1. The zero-order valence-electron chi connectivity index (χ0n) is 24.9. The molecular weight excluding hydrogens is 591 g/mol. The normalized spacial score (nSPS) is 17.4. The van der Waals surface area contributed by atoms with Gasteiger partial charge in [-0.05, 0) is 94.9 Å². The lowest BCUT2D eigenvalue weighted by molar-refractivity contribution is 0.0161. The summed E-state index contributed by atoms with van der Waals surface area (Å²) in [6.07, 6.45) is 5.42. The van der Waals surface area contributed by atoms with E-state index in [-0.39, 0.29) is 29.3 Å². The number of rotatable bonds is 6. The maximum Gasteiger partial charge on any atom is 0.410 e. The Kier molecular flexibility index (Phi) is 13.9. The SMILES string of the molecule is Cl.[C-]#[N+]CCC1(c2ccc(Cl)cc2)CCN(C(=O)OC(C)(C)C)CC1.[C-]#[N+]CCC1(c2ccc(Cl)cc2)CCNCC1. The second-order valence-electron chi connectivity index (χ2n) is 12.1. The van der Waals surface area contributed by atoms with E-state index in [2.05, 4.69) is 39.3 Å². The monoisotopic (exact) mass is 632 g/mol. The third-order valence-electron chi connectivity index (χ3n) is 8.25. The van der Waals surface area contributed by atoms with E-state index in [4.69, 9.17) is 41.1 Å². The Morgan fingerprint density at radius 1 is 0.833 bits per heavy atom. The second-order valence-corrected chi connectivity index (χ2v) is 12.9. The van der Waals surface area contributed by atoms with E-state index >= 15 is 0 Å². The molecule has 2 aliphatic heterocycles. The molecule has 1 amide bonds. The fraction of sp³-hybridized carbons (Fsp3) is 0.545. The van der Waals surface area contributed by atoms with Crippen LogP contribution in [-0.4, -0.2) is 55.9 Å². The minimum atomic E-state index is -0.480. The Labute approximate surface area is 268 Å². The number of hydrogen-bond acceptors (Lipinski definition) is 3. The molecule has 0 aliphatic carbocycles. The fourth-order valence-electron chi connectivity index (χ4n) is 5.86. The van der Waals surface area contributed by atoms with Crippen LogP contribution in [0.2, 0.25) is 10.0 Å². The topological polar surface area (TPSA) is 50.3 Å². The quantitative estimate of drug-likeness (QED) is 0.324. The van der Waals surface area contributed by atoms with Gasteiger partial charge in [0.1, 0.15) is 5.60 Å². The van der Waals surface area contributed by atoms with Crippen molar-refractivity contribution in [1.29, 1.82) is 0 Å². The second kappa shape index (κ2) is 16.4. The molecule has 0 radical (unpaired) electrons. The fourth-order valence-corrected chi connectivity index (χ4v) is 6.11. The number of amides is 1. The minimum absolute atomic E-state index is 0. The highest BCUT2D eigenvalue weighted by molar-refractivity contribution is 6.30. The van der Waals surface area contributed by atoms with Gasteiger partial charge in [0.05, 0.1) is 0 Å². The van der Waals surface area contributed by atoms with Gasteiger partial charge in [-0.15, -0.1) is 12.4 Å². The van der Waals surface area contributed by atoms with Crippen LogP contribution in [-0.2, 0) is 15.6 Å². The van der Waals surface area contributed by atoms with Crippen molar-refractivity contribution in [1.82, 2.24) is 10.2 Å². The Morgan fingerprint density at radius 2 is 1.24 bits per heavy atom. The highest BCUT2D eigenvalue weighted by Gasteiger charge is 2.39. The molecule has 0 unspecified atom stereocenters. The van der Waals surface area contributed by atoms with Crippen molar-refractivity contribution < 1.29 is 9.53 Å². The molecule has 2 aromatic rings. The molecule has 4 rings (SSSR count). The van der Waals surface area contributed by atoms with Gasteiger partial charge in [-0.3, -0.25) is 0 Å². The molecule has 6 nitrogen and oxygen atoms in total. The van der Waals surface area contributed by atoms with E-state index in [0.29, 0.717) is 31.2 Å². The number of nitrogens with zero attached hydrogens (tertiary/aromatic N) is 3. The zero-order valence-corrected chi connectivity index (χ0v) is 27.3. The summed E-state index contributed by atoms with van der Waals surface area (Å²) in [5, 5.41) is 4.89. The van der Waals surface area contributed by atoms with Crippen molar-refractivity contribution in [3.05, 3.63) is 92.5 Å². The van der Waals surface area contributed by atoms with Gasteiger partial charge in [0.25, 0.3) is 0 Å². The van der Waals surface area contributed by atoms with Crippen LogP contribution in [0.25, 0.3) is 9.69 Å². The molecule has 0 bridgehead atoms. The highest BCUT2D eigenvalue weighted by atomic mass is 35.5. The van der Waals surface area contributed by atoms with E-state index in [0.717, 1.165) is 56.6 Å². The standard InChI is InChI=1S/C19H25ClN2O2.C14H17ClN2.ClH/c1-18(2,3)24-17(23)22-13-10-19(11-14-22,9-12-21-4)15-5-7-16(20)8-6-15;1-16-9-6-14(7-10-17-11-8-14)12-2-4-13(15)5-3-12;/h5-8H,9-14H2,1-3H3;2-5,17H,6-11H2;1H. The van der Waals surface area contributed by atoms with Crippen LogP contribution in [0.15, 0.2) is 48.5 Å². The minimum Gasteiger partial charge on any atom is -0.444 e. The number of carbonyl (C=O) groups is 1. The summed E-state index contributed by atoms with van der Waals surface area (Å²) in [5.41, 5.74) is 2.19. The van der Waals surface area contributed by atoms with E-state index in [1.165, 1.54) is 11.1 Å². The van der Waals surface area contributed by atoms with Gasteiger partial charge < -0.3 is 24.6 Å². The van der Waals surface area contributed by atoms with Crippen LogP contribution < -0.4 is 5.32 Å². The predicted molar refractivity (Wildman–Crippen MR) is 175 cm³/mol. The highest BCUT2D eigenvalue weighted by Crippen LogP contribution is 2.40. The van der Waals surface area contributed by atoms with Crippen LogP contribution in [0.5, 0.6) is 0 Å². The summed E-state index contributed by atoms with van der Waals surface area (Å²) in [6.45, 7) is 24.2. The van der Waals surface area contributed by atoms with Crippen molar-refractivity contribution in [3.63, 3.8) is 0 Å². The first-order valence-corrected chi connectivity index (χ1v) is 15.2. The number of likely N-dealkylation sites (tertiary alicyclic amines) is 1. The Balaban J connectivity index is 0.000000302. The largest absolute Gasteiger partial charge is 0.444 e. The first kappa shape index (κ1) is 35.7. The molecule has 0 spiro atoms. The molecule has 2 fully saturated rings. The van der Waals surface area contributed by atoms with Gasteiger partial charge in [0.2, 0.25) is 13.1 Å². The summed E-state index contributed by atoms with van der Waals surface area (Å²) in [7, 11) is 0. The van der Waals surface area contributed by atoms with Crippen LogP contribution in [0.4, 0.5) is 4.79 Å². The van der Waals surface area contributed by atoms with Crippen LogP contribution in [0.1, 0.15) is 70.4 Å². The molecule has 228 valence electrons. The maximum absolute atomic E-state index is 12.3. The first-order valence-electron chi connectivity index (χ1n) is 14.4. The average Bonchev–Trinajstić information content (AvgIpc) is 2.96. The molecular formula is C33H43Cl3N4O2. The summed E-state index contributed by atoms with van der Waals surface area (Å²) in [5.74, 6) is 0. The van der Waals surface area contributed by atoms with Crippen LogP contribution in [0.3, 0.4) is 0 Å². The van der Waals surface area contributed by atoms with Gasteiger partial charge in [0, 0.05) is 46.8 Å². The molecule has 9 heteroatoms. The number of benzene rings is 2. The number of nitrogens with one attached hydrogen (secondary N) is 1. The molecule has 0 saturated carbocycles. The van der Waals surface area contributed by atoms with Crippen molar-refractivity contribution >= 4 is 41.7 Å². The van der Waals surface area contributed by atoms with Crippen molar-refractivity contribution in [2.45, 2.75) is 75.7 Å². The molecule has 0 atom stereocenters. The van der Waals surface area contributed by atoms with E-state index in [9.17, 15) is 4.79 Å². The van der Waals surface area contributed by atoms with Crippen molar-refractivity contribution in [2.75, 3.05) is 39.3 Å². The summed E-state index contributed by atoms with van der Waals surface area (Å²) < 4.78 is 5.47. The van der Waals surface area contributed by atoms with Gasteiger partial charge in [0.15, 0.2) is 0 Å². The van der Waals surface area contributed by atoms with Crippen LogP contribution >= 0.6 is 35.6 Å². The Bertz CT molecular complexity index is 1200. The van der Waals surface area contributed by atoms with Gasteiger partial charge in [-0.25, -0.2) is 17.9 Å². The van der Waals surface area contributed by atoms with Crippen LogP contribution in [0, 0.1) is 13.1 Å². The van der Waals surface area contributed by atoms with Gasteiger partial charge >= 0.3 is 6.09 Å². The molecule has 42 heavy (non-hydrogen) atoms. The molecule has 0 aromatic heterocycles. The smallest absolute Gasteiger partial charge is 0.410 e. The number of ether oxygens (including phenoxy) is 1. The van der Waals surface area contributed by atoms with Gasteiger partial charge in [-0.2, -0.15) is 0 Å². The first-order chi connectivity index (χ1) is 19.5. The lowest BCUT2D eigenvalue weighted by atomic mass is 9.70. The summed E-state index contributed by atoms with van der Waals surface area (Å²) in [6, 6.07) is 16.1. The van der Waals surface area contributed by atoms with E-state index in [1.807, 2.05) is 45.0 Å². The lowest BCUT2D eigenvalue weighted by Crippen LogP contribution is -2.47. The number of halogens is 3. The molecule has 1 N–H and O–H groups in total. The Morgan fingerprint density at radius 3 is 1.62 bits per heavy atom. The average molecular weight is 634 g/mol. The molecule has 2 heterocycles. The number of carbonyl (C=O) groups excluding carboxylic acids is 1. The Hall–Kier alpha value is -2.48. The van der Waals surface area contributed by atoms with Crippen molar-refractivity contribution in [3.8, 4) is 0 Å². The molecule has 2 saturated heterocycles. The van der Waals surface area contributed by atoms with E-state index in [1.54, 1.807) is 4.90 Å².